The predicted octanol–water partition coefficient (Wildman–Crippen LogP) is 7.64. The van der Waals surface area contributed by atoms with E-state index in [4.69, 9.17) is 11.5 Å². The van der Waals surface area contributed by atoms with Gasteiger partial charge in [-0.3, -0.25) is 0 Å². The second-order valence-electron chi connectivity index (χ2n) is 8.31. The van der Waals surface area contributed by atoms with Crippen molar-refractivity contribution in [2.24, 2.45) is 0 Å². The van der Waals surface area contributed by atoms with E-state index in [2.05, 4.69) is 91.0 Å². The third kappa shape index (κ3) is 2.97. The zero-order valence-corrected chi connectivity index (χ0v) is 17.5. The first-order chi connectivity index (χ1) is 15.7. The molecular weight excluding hydrogens is 388 g/mol. The third-order valence-corrected chi connectivity index (χ3v) is 6.31. The predicted molar refractivity (Wildman–Crippen MR) is 139 cm³/mol. The molecule has 0 unspecified atom stereocenters. The molecule has 0 fully saturated rings. The average Bonchev–Trinajstić information content (AvgIpc) is 2.83. The van der Waals surface area contributed by atoms with E-state index >= 15 is 0 Å². The van der Waals surface area contributed by atoms with Crippen molar-refractivity contribution in [1.82, 2.24) is 0 Å². The van der Waals surface area contributed by atoms with Crippen LogP contribution in [0, 0.1) is 0 Å². The monoisotopic (exact) mass is 410 g/mol. The Morgan fingerprint density at radius 3 is 1.94 bits per heavy atom. The van der Waals surface area contributed by atoms with Gasteiger partial charge in [-0.05, 0) is 85.4 Å². The third-order valence-electron chi connectivity index (χ3n) is 6.31. The Morgan fingerprint density at radius 2 is 1.12 bits per heavy atom. The quantitative estimate of drug-likeness (QED) is 0.175. The molecule has 32 heavy (non-hydrogen) atoms. The lowest BCUT2D eigenvalue weighted by Gasteiger charge is -2.14. The molecule has 0 heterocycles. The number of hydrogen-bond acceptors (Lipinski definition) is 2. The number of hydrogen-bond donors (Lipinski definition) is 2. The van der Waals surface area contributed by atoms with Gasteiger partial charge in [-0.2, -0.15) is 0 Å². The fourth-order valence-electron chi connectivity index (χ4n) is 4.67. The van der Waals surface area contributed by atoms with Crippen LogP contribution in [0.2, 0.25) is 0 Å². The van der Waals surface area contributed by atoms with Gasteiger partial charge in [0.25, 0.3) is 0 Å². The van der Waals surface area contributed by atoms with Gasteiger partial charge < -0.3 is 11.5 Å². The zero-order chi connectivity index (χ0) is 21.7. The van der Waals surface area contributed by atoms with Gasteiger partial charge in [0.2, 0.25) is 0 Å². The largest absolute Gasteiger partial charge is 0.399 e. The van der Waals surface area contributed by atoms with Gasteiger partial charge >= 0.3 is 0 Å². The van der Waals surface area contributed by atoms with E-state index < -0.39 is 0 Å². The highest BCUT2D eigenvalue weighted by Crippen LogP contribution is 2.39. The first-order valence-corrected chi connectivity index (χ1v) is 10.8. The standard InChI is InChI=1S/C30H22N2/c31-25-13-10-19(11-14-25)23-12-15-29(32)28(18-23)26-7-3-6-20-8-9-24-16-21-4-1-2-5-22(21)17-27(24)30(20)26/h1-18H,31-32H2. The maximum absolute atomic E-state index is 6.53. The Morgan fingerprint density at radius 1 is 0.438 bits per heavy atom. The molecule has 0 saturated carbocycles. The molecule has 0 aliphatic rings. The smallest absolute Gasteiger partial charge is 0.0394 e. The van der Waals surface area contributed by atoms with Crippen LogP contribution in [-0.4, -0.2) is 0 Å². The number of rotatable bonds is 2. The van der Waals surface area contributed by atoms with Crippen molar-refractivity contribution < 1.29 is 0 Å². The fourth-order valence-corrected chi connectivity index (χ4v) is 4.67. The van der Waals surface area contributed by atoms with E-state index in [0.717, 1.165) is 33.6 Å². The minimum absolute atomic E-state index is 0.761. The van der Waals surface area contributed by atoms with Gasteiger partial charge in [0.05, 0.1) is 0 Å². The van der Waals surface area contributed by atoms with E-state index in [1.165, 1.54) is 32.3 Å². The van der Waals surface area contributed by atoms with E-state index in [9.17, 15) is 0 Å². The van der Waals surface area contributed by atoms with Gasteiger partial charge in [0.1, 0.15) is 0 Å². The molecule has 0 atom stereocenters. The summed E-state index contributed by atoms with van der Waals surface area (Å²) in [4.78, 5) is 0. The van der Waals surface area contributed by atoms with Crippen molar-refractivity contribution in [3.8, 4) is 22.3 Å². The van der Waals surface area contributed by atoms with Crippen molar-refractivity contribution >= 4 is 43.7 Å². The van der Waals surface area contributed by atoms with Crippen LogP contribution in [0.25, 0.3) is 54.6 Å². The lowest BCUT2D eigenvalue weighted by atomic mass is 9.90. The molecule has 0 radical (unpaired) electrons. The van der Waals surface area contributed by atoms with Crippen LogP contribution in [0.1, 0.15) is 0 Å². The normalized spacial score (nSPS) is 11.4. The number of benzene rings is 6. The van der Waals surface area contributed by atoms with Gasteiger partial charge in [-0.25, -0.2) is 0 Å². The molecule has 4 N–H and O–H groups in total. The zero-order valence-electron chi connectivity index (χ0n) is 17.5. The molecule has 0 saturated heterocycles. The average molecular weight is 411 g/mol. The van der Waals surface area contributed by atoms with Crippen LogP contribution >= 0.6 is 0 Å². The maximum Gasteiger partial charge on any atom is 0.0394 e. The summed E-state index contributed by atoms with van der Waals surface area (Å²) in [5.74, 6) is 0. The molecule has 0 aromatic heterocycles. The van der Waals surface area contributed by atoms with Crippen LogP contribution in [-0.2, 0) is 0 Å². The van der Waals surface area contributed by atoms with Gasteiger partial charge in [0.15, 0.2) is 0 Å². The molecule has 2 heteroatoms. The molecule has 152 valence electrons. The molecule has 0 aliphatic heterocycles. The van der Waals surface area contributed by atoms with Gasteiger partial charge in [-0.1, -0.05) is 72.8 Å². The summed E-state index contributed by atoms with van der Waals surface area (Å²) in [5.41, 5.74) is 18.4. The van der Waals surface area contributed by atoms with Crippen molar-refractivity contribution in [2.45, 2.75) is 0 Å². The molecule has 6 aromatic carbocycles. The van der Waals surface area contributed by atoms with Crippen LogP contribution in [0.15, 0.2) is 109 Å². The lowest BCUT2D eigenvalue weighted by Crippen LogP contribution is -1.93. The molecule has 0 amide bonds. The summed E-state index contributed by atoms with van der Waals surface area (Å²) in [6.45, 7) is 0. The van der Waals surface area contributed by atoms with Crippen LogP contribution in [0.3, 0.4) is 0 Å². The summed E-state index contributed by atoms with van der Waals surface area (Å²) >= 11 is 0. The van der Waals surface area contributed by atoms with Gasteiger partial charge in [0, 0.05) is 16.9 Å². The Labute approximate surface area is 186 Å². The van der Waals surface area contributed by atoms with Gasteiger partial charge in [-0.15, -0.1) is 0 Å². The molecule has 2 nitrogen and oxygen atoms in total. The highest BCUT2D eigenvalue weighted by atomic mass is 14.6. The Kier molecular flexibility index (Phi) is 4.12. The SMILES string of the molecule is Nc1ccc(-c2ccc(N)c(-c3cccc4ccc5cc6ccccc6cc5c34)c2)cc1. The van der Waals surface area contributed by atoms with Crippen LogP contribution < -0.4 is 11.5 Å². The van der Waals surface area contributed by atoms with Crippen molar-refractivity contribution in [3.63, 3.8) is 0 Å². The lowest BCUT2D eigenvalue weighted by molar-refractivity contribution is 1.59. The number of nitrogens with two attached hydrogens (primary N) is 2. The molecular formula is C30H22N2. The van der Waals surface area contributed by atoms with Crippen LogP contribution in [0.4, 0.5) is 11.4 Å². The Bertz CT molecular complexity index is 1630. The first-order valence-electron chi connectivity index (χ1n) is 10.8. The fraction of sp³-hybridized carbons (Fsp3) is 0. The molecule has 0 spiro atoms. The number of nitrogen functional groups attached to an aromatic ring is 2. The van der Waals surface area contributed by atoms with E-state index in [-0.39, 0.29) is 0 Å². The molecule has 6 aromatic rings. The number of anilines is 2. The van der Waals surface area contributed by atoms with Crippen molar-refractivity contribution in [1.29, 1.82) is 0 Å². The van der Waals surface area contributed by atoms with Crippen molar-refractivity contribution in [2.75, 3.05) is 11.5 Å². The first kappa shape index (κ1) is 18.5. The Balaban J connectivity index is 1.65. The van der Waals surface area contributed by atoms with E-state index in [1.54, 1.807) is 0 Å². The summed E-state index contributed by atoms with van der Waals surface area (Å²) in [6.07, 6.45) is 0. The van der Waals surface area contributed by atoms with Crippen LogP contribution in [0.5, 0.6) is 0 Å². The highest BCUT2D eigenvalue weighted by molar-refractivity contribution is 6.18. The molecule has 0 aliphatic carbocycles. The van der Waals surface area contributed by atoms with E-state index in [1.807, 2.05) is 18.2 Å². The van der Waals surface area contributed by atoms with E-state index in [0.29, 0.717) is 0 Å². The minimum atomic E-state index is 0.761. The summed E-state index contributed by atoms with van der Waals surface area (Å²) in [7, 11) is 0. The summed E-state index contributed by atoms with van der Waals surface area (Å²) < 4.78 is 0. The summed E-state index contributed by atoms with van der Waals surface area (Å²) in [5, 5.41) is 7.41. The second kappa shape index (κ2) is 7.14. The molecule has 0 bridgehead atoms. The minimum Gasteiger partial charge on any atom is -0.399 e. The maximum atomic E-state index is 6.53. The molecule has 6 rings (SSSR count). The summed E-state index contributed by atoms with van der Waals surface area (Å²) in [6, 6.07) is 38.2. The Hall–Kier alpha value is -4.30. The second-order valence-corrected chi connectivity index (χ2v) is 8.31. The van der Waals surface area contributed by atoms with Crippen molar-refractivity contribution in [3.05, 3.63) is 109 Å². The topological polar surface area (TPSA) is 52.0 Å². The highest BCUT2D eigenvalue weighted by Gasteiger charge is 2.12. The number of fused-ring (bicyclic) bond motifs is 4.